The average Bonchev–Trinajstić information content (AvgIpc) is 2.67. The molecule has 0 unspecified atom stereocenters. The van der Waals surface area contributed by atoms with Crippen LogP contribution in [-0.4, -0.2) is 15.7 Å². The molecule has 5 heteroatoms. The number of halogens is 1. The van der Waals surface area contributed by atoms with E-state index >= 15 is 0 Å². The number of rotatable bonds is 3. The smallest absolute Gasteiger partial charge is 0.223 e. The molecular weight excluding hydrogens is 238 g/mol. The van der Waals surface area contributed by atoms with Crippen molar-refractivity contribution in [2.24, 2.45) is 13.0 Å². The fraction of sp³-hybridized carbons (Fsp3) is 0.667. The first-order valence-electron chi connectivity index (χ1n) is 6.12. The van der Waals surface area contributed by atoms with E-state index in [0.29, 0.717) is 11.6 Å². The van der Waals surface area contributed by atoms with Gasteiger partial charge in [0.1, 0.15) is 0 Å². The molecule has 0 saturated heterocycles. The van der Waals surface area contributed by atoms with Gasteiger partial charge in [-0.3, -0.25) is 9.48 Å². The fourth-order valence-electron chi connectivity index (χ4n) is 2.31. The molecule has 0 bridgehead atoms. The standard InChI is InChI=1S/C12H18ClN3O/c1-16-11(10(13)7-15-16)8-14-12(17)9-5-3-2-4-6-9/h7,9H,2-6,8H2,1H3,(H,14,17). The van der Waals surface area contributed by atoms with Crippen LogP contribution in [0.25, 0.3) is 0 Å². The summed E-state index contributed by atoms with van der Waals surface area (Å²) in [7, 11) is 1.83. The molecule has 1 N–H and O–H groups in total. The lowest BCUT2D eigenvalue weighted by atomic mass is 9.89. The van der Waals surface area contributed by atoms with Gasteiger partial charge < -0.3 is 5.32 Å². The molecule has 1 fully saturated rings. The van der Waals surface area contributed by atoms with E-state index in [2.05, 4.69) is 10.4 Å². The van der Waals surface area contributed by atoms with E-state index in [1.54, 1.807) is 10.9 Å². The van der Waals surface area contributed by atoms with E-state index in [4.69, 9.17) is 11.6 Å². The van der Waals surface area contributed by atoms with Crippen LogP contribution in [0.15, 0.2) is 6.20 Å². The number of hydrogen-bond donors (Lipinski definition) is 1. The zero-order valence-corrected chi connectivity index (χ0v) is 10.8. The molecule has 0 aliphatic heterocycles. The second-order valence-corrected chi connectivity index (χ2v) is 5.02. The molecule has 0 atom stereocenters. The number of nitrogens with one attached hydrogen (secondary N) is 1. The topological polar surface area (TPSA) is 46.9 Å². The highest BCUT2D eigenvalue weighted by Gasteiger charge is 2.21. The van der Waals surface area contributed by atoms with Crippen molar-refractivity contribution in [2.45, 2.75) is 38.6 Å². The minimum Gasteiger partial charge on any atom is -0.350 e. The fourth-order valence-corrected chi connectivity index (χ4v) is 2.55. The Hall–Kier alpha value is -1.03. The van der Waals surface area contributed by atoms with Gasteiger partial charge in [0.05, 0.1) is 23.5 Å². The SMILES string of the molecule is Cn1ncc(Cl)c1CNC(=O)C1CCCCC1. The van der Waals surface area contributed by atoms with Crippen molar-refractivity contribution in [3.05, 3.63) is 16.9 Å². The lowest BCUT2D eigenvalue weighted by molar-refractivity contribution is -0.126. The molecular formula is C12H18ClN3O. The summed E-state index contributed by atoms with van der Waals surface area (Å²) in [5, 5.41) is 7.60. The van der Waals surface area contributed by atoms with Gasteiger partial charge in [-0.05, 0) is 12.8 Å². The van der Waals surface area contributed by atoms with E-state index < -0.39 is 0 Å². The van der Waals surface area contributed by atoms with Gasteiger partial charge in [-0.2, -0.15) is 5.10 Å². The molecule has 4 nitrogen and oxygen atoms in total. The van der Waals surface area contributed by atoms with Crippen LogP contribution >= 0.6 is 11.6 Å². The van der Waals surface area contributed by atoms with E-state index in [-0.39, 0.29) is 11.8 Å². The maximum absolute atomic E-state index is 11.9. The Morgan fingerprint density at radius 1 is 1.53 bits per heavy atom. The summed E-state index contributed by atoms with van der Waals surface area (Å²) in [6.07, 6.45) is 7.24. The summed E-state index contributed by atoms with van der Waals surface area (Å²) in [5.41, 5.74) is 0.857. The van der Waals surface area contributed by atoms with Crippen LogP contribution in [0.2, 0.25) is 5.02 Å². The van der Waals surface area contributed by atoms with Crippen molar-refractivity contribution in [2.75, 3.05) is 0 Å². The van der Waals surface area contributed by atoms with Gasteiger partial charge in [0.15, 0.2) is 0 Å². The first-order valence-corrected chi connectivity index (χ1v) is 6.50. The Bertz CT molecular complexity index is 377. The lowest BCUT2D eigenvalue weighted by Gasteiger charge is -2.20. The third-order valence-electron chi connectivity index (χ3n) is 3.42. The molecule has 0 aromatic carbocycles. The van der Waals surface area contributed by atoms with Crippen LogP contribution < -0.4 is 5.32 Å². The van der Waals surface area contributed by atoms with Gasteiger partial charge in [-0.1, -0.05) is 30.9 Å². The molecule has 1 aliphatic rings. The molecule has 1 aromatic rings. The maximum Gasteiger partial charge on any atom is 0.223 e. The second-order valence-electron chi connectivity index (χ2n) is 4.62. The quantitative estimate of drug-likeness (QED) is 0.901. The highest BCUT2D eigenvalue weighted by Crippen LogP contribution is 2.23. The van der Waals surface area contributed by atoms with Gasteiger partial charge in [0, 0.05) is 13.0 Å². The zero-order chi connectivity index (χ0) is 12.3. The Morgan fingerprint density at radius 3 is 2.82 bits per heavy atom. The molecule has 0 radical (unpaired) electrons. The third-order valence-corrected chi connectivity index (χ3v) is 3.73. The molecule has 1 heterocycles. The maximum atomic E-state index is 11.9. The molecule has 94 valence electrons. The van der Waals surface area contributed by atoms with Crippen LogP contribution in [0.5, 0.6) is 0 Å². The predicted molar refractivity (Wildman–Crippen MR) is 66.6 cm³/mol. The lowest BCUT2D eigenvalue weighted by Crippen LogP contribution is -2.32. The summed E-state index contributed by atoms with van der Waals surface area (Å²) in [6, 6.07) is 0. The van der Waals surface area contributed by atoms with Gasteiger partial charge in [-0.15, -0.1) is 0 Å². The average molecular weight is 256 g/mol. The number of nitrogens with zero attached hydrogens (tertiary/aromatic N) is 2. The molecule has 1 aromatic heterocycles. The van der Waals surface area contributed by atoms with Crippen molar-refractivity contribution in [1.29, 1.82) is 0 Å². The molecule has 1 amide bonds. The molecule has 1 aliphatic carbocycles. The summed E-state index contributed by atoms with van der Waals surface area (Å²) in [6.45, 7) is 0.463. The van der Waals surface area contributed by atoms with E-state index in [1.165, 1.54) is 19.3 Å². The van der Waals surface area contributed by atoms with Crippen molar-refractivity contribution in [3.8, 4) is 0 Å². The van der Waals surface area contributed by atoms with E-state index in [1.807, 2.05) is 7.05 Å². The van der Waals surface area contributed by atoms with Crippen molar-refractivity contribution < 1.29 is 4.79 Å². The monoisotopic (exact) mass is 255 g/mol. The van der Waals surface area contributed by atoms with Crippen LogP contribution in [0.1, 0.15) is 37.8 Å². The van der Waals surface area contributed by atoms with E-state index in [9.17, 15) is 4.79 Å². The normalized spacial score (nSPS) is 17.1. The minimum absolute atomic E-state index is 0.155. The number of hydrogen-bond acceptors (Lipinski definition) is 2. The van der Waals surface area contributed by atoms with Gasteiger partial charge in [-0.25, -0.2) is 0 Å². The van der Waals surface area contributed by atoms with Gasteiger partial charge in [0.25, 0.3) is 0 Å². The van der Waals surface area contributed by atoms with Crippen molar-refractivity contribution >= 4 is 17.5 Å². The number of amides is 1. The van der Waals surface area contributed by atoms with Crippen LogP contribution in [0.3, 0.4) is 0 Å². The zero-order valence-electron chi connectivity index (χ0n) is 10.1. The Balaban J connectivity index is 1.87. The highest BCUT2D eigenvalue weighted by molar-refractivity contribution is 6.31. The first-order chi connectivity index (χ1) is 8.18. The summed E-state index contributed by atoms with van der Waals surface area (Å²) >= 11 is 5.98. The highest BCUT2D eigenvalue weighted by atomic mass is 35.5. The predicted octanol–water partition coefficient (Wildman–Crippen LogP) is 2.27. The molecule has 2 rings (SSSR count). The molecule has 1 saturated carbocycles. The number of aromatic nitrogens is 2. The minimum atomic E-state index is 0.155. The number of carbonyl (C=O) groups is 1. The second kappa shape index (κ2) is 5.54. The van der Waals surface area contributed by atoms with Crippen LogP contribution in [-0.2, 0) is 18.4 Å². The van der Waals surface area contributed by atoms with Crippen LogP contribution in [0, 0.1) is 5.92 Å². The molecule has 0 spiro atoms. The summed E-state index contributed by atoms with van der Waals surface area (Å²) in [5.74, 6) is 0.345. The Morgan fingerprint density at radius 2 is 2.24 bits per heavy atom. The van der Waals surface area contributed by atoms with Crippen molar-refractivity contribution in [1.82, 2.24) is 15.1 Å². The number of carbonyl (C=O) groups excluding carboxylic acids is 1. The summed E-state index contributed by atoms with van der Waals surface area (Å²) in [4.78, 5) is 11.9. The van der Waals surface area contributed by atoms with Crippen molar-refractivity contribution in [3.63, 3.8) is 0 Å². The van der Waals surface area contributed by atoms with Gasteiger partial charge >= 0.3 is 0 Å². The molecule has 17 heavy (non-hydrogen) atoms. The first kappa shape index (κ1) is 12.4. The largest absolute Gasteiger partial charge is 0.350 e. The third kappa shape index (κ3) is 3.00. The number of aryl methyl sites for hydroxylation is 1. The Kier molecular flexibility index (Phi) is 4.05. The summed E-state index contributed by atoms with van der Waals surface area (Å²) < 4.78 is 1.70. The van der Waals surface area contributed by atoms with Crippen LogP contribution in [0.4, 0.5) is 0 Å². The Labute approximate surface area is 106 Å². The van der Waals surface area contributed by atoms with E-state index in [0.717, 1.165) is 18.5 Å². The van der Waals surface area contributed by atoms with Gasteiger partial charge in [0.2, 0.25) is 5.91 Å².